The summed E-state index contributed by atoms with van der Waals surface area (Å²) >= 11 is 0. The predicted molar refractivity (Wildman–Crippen MR) is 102 cm³/mol. The van der Waals surface area contributed by atoms with E-state index in [1.807, 2.05) is 37.3 Å². The Kier molecular flexibility index (Phi) is 4.75. The summed E-state index contributed by atoms with van der Waals surface area (Å²) in [4.78, 5) is 26.0. The molecule has 1 aromatic heterocycles. The highest BCUT2D eigenvalue weighted by atomic mass is 16.2. The van der Waals surface area contributed by atoms with Crippen molar-refractivity contribution in [3.63, 3.8) is 0 Å². The molecule has 1 fully saturated rings. The van der Waals surface area contributed by atoms with Crippen molar-refractivity contribution < 1.29 is 9.59 Å². The molecule has 1 aliphatic carbocycles. The molecule has 27 heavy (non-hydrogen) atoms. The number of nitrogens with one attached hydrogen (secondary N) is 2. The first kappa shape index (κ1) is 17.5. The monoisotopic (exact) mass is 365 g/mol. The van der Waals surface area contributed by atoms with Crippen molar-refractivity contribution in [1.82, 2.24) is 20.8 Å². The molecular weight excluding hydrogens is 342 g/mol. The molecule has 1 aliphatic heterocycles. The Morgan fingerprint density at radius 2 is 1.96 bits per heavy atom. The molecule has 7 nitrogen and oxygen atoms in total. The van der Waals surface area contributed by atoms with Crippen LogP contribution in [0.2, 0.25) is 0 Å². The SMILES string of the molecule is CC(NC(=O)c1cc2c(nn1)CCCC2)c1ccc(N2CCNC2=O)cc1. The van der Waals surface area contributed by atoms with E-state index in [0.29, 0.717) is 18.8 Å². The minimum absolute atomic E-state index is 0.0740. The number of aryl methyl sites for hydroxylation is 2. The Morgan fingerprint density at radius 1 is 1.19 bits per heavy atom. The first-order chi connectivity index (χ1) is 13.1. The number of aromatic nitrogens is 2. The van der Waals surface area contributed by atoms with Crippen molar-refractivity contribution in [2.75, 3.05) is 18.0 Å². The molecule has 0 saturated carbocycles. The molecule has 2 aliphatic rings. The smallest absolute Gasteiger partial charge is 0.321 e. The standard InChI is InChI=1S/C20H23N5O2/c1-13(14-6-8-16(9-7-14)25-11-10-21-20(25)27)22-19(26)18-12-15-4-2-3-5-17(15)23-24-18/h6-9,12-13H,2-5,10-11H2,1H3,(H,21,27)(H,22,26). The van der Waals surface area contributed by atoms with Crippen LogP contribution in [0.25, 0.3) is 0 Å². The zero-order chi connectivity index (χ0) is 18.8. The molecule has 2 heterocycles. The molecule has 3 amide bonds. The van der Waals surface area contributed by atoms with Crippen molar-refractivity contribution >= 4 is 17.6 Å². The van der Waals surface area contributed by atoms with Gasteiger partial charge >= 0.3 is 6.03 Å². The normalized spacial score (nSPS) is 17.2. The number of carbonyl (C=O) groups excluding carboxylic acids is 2. The number of benzene rings is 1. The van der Waals surface area contributed by atoms with Gasteiger partial charge < -0.3 is 10.6 Å². The van der Waals surface area contributed by atoms with Gasteiger partial charge in [0.25, 0.3) is 5.91 Å². The van der Waals surface area contributed by atoms with Gasteiger partial charge in [-0.1, -0.05) is 12.1 Å². The number of hydrogen-bond acceptors (Lipinski definition) is 4. The number of urea groups is 1. The van der Waals surface area contributed by atoms with Crippen molar-refractivity contribution in [2.45, 2.75) is 38.6 Å². The van der Waals surface area contributed by atoms with Crippen molar-refractivity contribution in [3.05, 3.63) is 52.8 Å². The number of rotatable bonds is 4. The third-order valence-corrected chi connectivity index (χ3v) is 5.21. The quantitative estimate of drug-likeness (QED) is 0.871. The maximum absolute atomic E-state index is 12.6. The van der Waals surface area contributed by atoms with E-state index in [1.54, 1.807) is 4.90 Å². The third kappa shape index (κ3) is 3.63. The fourth-order valence-electron chi connectivity index (χ4n) is 3.62. The highest BCUT2D eigenvalue weighted by Crippen LogP contribution is 2.22. The lowest BCUT2D eigenvalue weighted by atomic mass is 9.96. The Labute approximate surface area is 158 Å². The molecule has 0 spiro atoms. The van der Waals surface area contributed by atoms with Gasteiger partial charge in [-0.15, -0.1) is 5.10 Å². The first-order valence-electron chi connectivity index (χ1n) is 9.43. The van der Waals surface area contributed by atoms with Crippen LogP contribution in [0.15, 0.2) is 30.3 Å². The third-order valence-electron chi connectivity index (χ3n) is 5.21. The Bertz CT molecular complexity index is 865. The Morgan fingerprint density at radius 3 is 2.70 bits per heavy atom. The van der Waals surface area contributed by atoms with Gasteiger partial charge in [-0.05, 0) is 61.9 Å². The summed E-state index contributed by atoms with van der Waals surface area (Å²) in [6, 6.07) is 9.31. The molecule has 140 valence electrons. The van der Waals surface area contributed by atoms with Crippen LogP contribution in [0.3, 0.4) is 0 Å². The average molecular weight is 365 g/mol. The number of fused-ring (bicyclic) bond motifs is 1. The van der Waals surface area contributed by atoms with Crippen LogP contribution in [0.1, 0.15) is 53.1 Å². The summed E-state index contributed by atoms with van der Waals surface area (Å²) in [5.74, 6) is -0.216. The van der Waals surface area contributed by atoms with Gasteiger partial charge in [0, 0.05) is 18.8 Å². The summed E-state index contributed by atoms with van der Waals surface area (Å²) in [7, 11) is 0. The van der Waals surface area contributed by atoms with E-state index in [9.17, 15) is 9.59 Å². The first-order valence-corrected chi connectivity index (χ1v) is 9.43. The van der Waals surface area contributed by atoms with Crippen LogP contribution in [-0.4, -0.2) is 35.2 Å². The van der Waals surface area contributed by atoms with E-state index in [1.165, 1.54) is 0 Å². The van der Waals surface area contributed by atoms with E-state index in [2.05, 4.69) is 20.8 Å². The highest BCUT2D eigenvalue weighted by Gasteiger charge is 2.21. The molecule has 0 bridgehead atoms. The van der Waals surface area contributed by atoms with E-state index < -0.39 is 0 Å². The molecule has 1 unspecified atom stereocenters. The minimum Gasteiger partial charge on any atom is -0.344 e. The molecule has 0 radical (unpaired) electrons. The van der Waals surface area contributed by atoms with Crippen LogP contribution >= 0.6 is 0 Å². The topological polar surface area (TPSA) is 87.2 Å². The second-order valence-corrected chi connectivity index (χ2v) is 7.08. The van der Waals surface area contributed by atoms with Crippen molar-refractivity contribution in [2.24, 2.45) is 0 Å². The lowest BCUT2D eigenvalue weighted by Crippen LogP contribution is -2.29. The summed E-state index contributed by atoms with van der Waals surface area (Å²) in [5.41, 5.74) is 4.35. The van der Waals surface area contributed by atoms with Gasteiger partial charge in [0.2, 0.25) is 0 Å². The van der Waals surface area contributed by atoms with Gasteiger partial charge in [0.1, 0.15) is 0 Å². The average Bonchev–Trinajstić information content (AvgIpc) is 3.13. The van der Waals surface area contributed by atoms with Gasteiger partial charge in [-0.25, -0.2) is 4.79 Å². The molecule has 1 saturated heterocycles. The Balaban J connectivity index is 1.43. The number of carbonyl (C=O) groups is 2. The van der Waals surface area contributed by atoms with Crippen LogP contribution in [-0.2, 0) is 12.8 Å². The maximum atomic E-state index is 12.6. The number of nitrogens with zero attached hydrogens (tertiary/aromatic N) is 3. The van der Waals surface area contributed by atoms with Gasteiger partial charge in [-0.3, -0.25) is 9.69 Å². The Hall–Kier alpha value is -2.96. The minimum atomic E-state index is -0.216. The zero-order valence-corrected chi connectivity index (χ0v) is 15.4. The van der Waals surface area contributed by atoms with Crippen molar-refractivity contribution in [1.29, 1.82) is 0 Å². The number of hydrogen-bond donors (Lipinski definition) is 2. The van der Waals surface area contributed by atoms with Gasteiger partial charge in [0.05, 0.1) is 11.7 Å². The second kappa shape index (κ2) is 7.34. The summed E-state index contributed by atoms with van der Waals surface area (Å²) in [5, 5.41) is 14.1. The maximum Gasteiger partial charge on any atom is 0.321 e. The van der Waals surface area contributed by atoms with Crippen LogP contribution in [0.5, 0.6) is 0 Å². The number of anilines is 1. The fraction of sp³-hybridized carbons (Fsp3) is 0.400. The molecule has 2 aromatic rings. The van der Waals surface area contributed by atoms with Crippen LogP contribution < -0.4 is 15.5 Å². The van der Waals surface area contributed by atoms with E-state index in [4.69, 9.17) is 0 Å². The highest BCUT2D eigenvalue weighted by molar-refractivity contribution is 5.94. The van der Waals surface area contributed by atoms with Gasteiger partial charge in [0.15, 0.2) is 5.69 Å². The predicted octanol–water partition coefficient (Wildman–Crippen LogP) is 2.38. The second-order valence-electron chi connectivity index (χ2n) is 7.08. The fourth-order valence-corrected chi connectivity index (χ4v) is 3.62. The van der Waals surface area contributed by atoms with E-state index >= 15 is 0 Å². The molecule has 1 atom stereocenters. The van der Waals surface area contributed by atoms with E-state index in [-0.39, 0.29) is 18.0 Å². The van der Waals surface area contributed by atoms with Crippen LogP contribution in [0.4, 0.5) is 10.5 Å². The largest absolute Gasteiger partial charge is 0.344 e. The van der Waals surface area contributed by atoms with E-state index in [0.717, 1.165) is 48.2 Å². The van der Waals surface area contributed by atoms with Gasteiger partial charge in [-0.2, -0.15) is 5.10 Å². The van der Waals surface area contributed by atoms with Crippen LogP contribution in [0, 0.1) is 0 Å². The lowest BCUT2D eigenvalue weighted by Gasteiger charge is -2.18. The molecule has 2 N–H and O–H groups in total. The number of amides is 3. The molecule has 1 aromatic carbocycles. The summed E-state index contributed by atoms with van der Waals surface area (Å²) < 4.78 is 0. The molecular formula is C20H23N5O2. The summed E-state index contributed by atoms with van der Waals surface area (Å²) in [6.45, 7) is 3.26. The van der Waals surface area contributed by atoms with Crippen molar-refractivity contribution in [3.8, 4) is 0 Å². The zero-order valence-electron chi connectivity index (χ0n) is 15.4. The molecule has 4 rings (SSSR count). The summed E-state index contributed by atoms with van der Waals surface area (Å²) in [6.07, 6.45) is 4.19. The molecule has 7 heteroatoms. The lowest BCUT2D eigenvalue weighted by molar-refractivity contribution is 0.0933.